The lowest BCUT2D eigenvalue weighted by atomic mass is 9.94. The summed E-state index contributed by atoms with van der Waals surface area (Å²) in [5, 5.41) is 0. The Bertz CT molecular complexity index is 379. The number of nitrogens with two attached hydrogens (primary N) is 1. The highest BCUT2D eigenvalue weighted by molar-refractivity contribution is 5.30. The van der Waals surface area contributed by atoms with E-state index in [0.717, 1.165) is 19.7 Å². The largest absolute Gasteiger partial charge is 0.374 e. The number of ether oxygens (including phenoxy) is 1. The fourth-order valence-electron chi connectivity index (χ4n) is 2.84. The van der Waals surface area contributed by atoms with Crippen LogP contribution in [-0.4, -0.2) is 37.2 Å². The first kappa shape index (κ1) is 13.5. The molecule has 100 valence electrons. The lowest BCUT2D eigenvalue weighted by molar-refractivity contribution is -0.0678. The van der Waals surface area contributed by atoms with Gasteiger partial charge in [0.25, 0.3) is 0 Å². The number of nitrogens with zero attached hydrogens (tertiary/aromatic N) is 1. The van der Waals surface area contributed by atoms with E-state index in [0.29, 0.717) is 12.6 Å². The summed E-state index contributed by atoms with van der Waals surface area (Å²) < 4.78 is 5.86. The molecule has 0 aromatic heterocycles. The van der Waals surface area contributed by atoms with E-state index in [1.807, 2.05) is 0 Å². The Labute approximate surface area is 110 Å². The monoisotopic (exact) mass is 248 g/mol. The minimum absolute atomic E-state index is 0.117. The fourth-order valence-corrected chi connectivity index (χ4v) is 2.84. The van der Waals surface area contributed by atoms with Gasteiger partial charge in [-0.05, 0) is 31.0 Å². The molecule has 2 atom stereocenters. The van der Waals surface area contributed by atoms with Gasteiger partial charge in [0, 0.05) is 13.1 Å². The van der Waals surface area contributed by atoms with Crippen molar-refractivity contribution in [3.05, 3.63) is 35.4 Å². The van der Waals surface area contributed by atoms with Crippen molar-refractivity contribution in [3.8, 4) is 0 Å². The molecule has 0 bridgehead atoms. The van der Waals surface area contributed by atoms with Gasteiger partial charge in [-0.1, -0.05) is 31.2 Å². The average Bonchev–Trinajstić information content (AvgIpc) is 2.40. The fraction of sp³-hybridized carbons (Fsp3) is 0.600. The van der Waals surface area contributed by atoms with Gasteiger partial charge in [0.15, 0.2) is 0 Å². The summed E-state index contributed by atoms with van der Waals surface area (Å²) in [5.41, 5.74) is 8.58. The first-order valence-electron chi connectivity index (χ1n) is 6.89. The smallest absolute Gasteiger partial charge is 0.0894 e. The van der Waals surface area contributed by atoms with Gasteiger partial charge in [0.2, 0.25) is 0 Å². The third kappa shape index (κ3) is 2.74. The summed E-state index contributed by atoms with van der Waals surface area (Å²) in [6.07, 6.45) is 1.28. The van der Waals surface area contributed by atoms with Crippen molar-refractivity contribution in [3.63, 3.8) is 0 Å². The van der Waals surface area contributed by atoms with Gasteiger partial charge in [-0.25, -0.2) is 0 Å². The minimum atomic E-state index is 0.117. The van der Waals surface area contributed by atoms with Gasteiger partial charge in [0.05, 0.1) is 18.8 Å². The Balaban J connectivity index is 2.30. The van der Waals surface area contributed by atoms with Crippen LogP contribution in [0.4, 0.5) is 0 Å². The second kappa shape index (κ2) is 6.32. The first-order chi connectivity index (χ1) is 8.77. The van der Waals surface area contributed by atoms with Gasteiger partial charge in [-0.15, -0.1) is 0 Å². The van der Waals surface area contributed by atoms with E-state index in [1.165, 1.54) is 17.5 Å². The van der Waals surface area contributed by atoms with Crippen LogP contribution in [0.1, 0.15) is 30.5 Å². The number of rotatable bonds is 4. The molecule has 2 N–H and O–H groups in total. The van der Waals surface area contributed by atoms with Crippen LogP contribution in [-0.2, 0) is 4.74 Å². The molecule has 1 aliphatic rings. The normalized spacial score (nSPS) is 25.3. The summed E-state index contributed by atoms with van der Waals surface area (Å²) in [5.74, 6) is 0. The van der Waals surface area contributed by atoms with Crippen molar-refractivity contribution < 1.29 is 4.74 Å². The Morgan fingerprint density at radius 1 is 1.39 bits per heavy atom. The molecule has 1 aromatic rings. The van der Waals surface area contributed by atoms with Crippen molar-refractivity contribution >= 4 is 0 Å². The Hall–Kier alpha value is -0.900. The maximum atomic E-state index is 5.89. The molecule has 2 rings (SSSR count). The first-order valence-corrected chi connectivity index (χ1v) is 6.89. The molecule has 0 spiro atoms. The second-order valence-electron chi connectivity index (χ2n) is 4.98. The highest BCUT2D eigenvalue weighted by Gasteiger charge is 2.32. The van der Waals surface area contributed by atoms with Crippen LogP contribution in [0.2, 0.25) is 0 Å². The Kier molecular flexibility index (Phi) is 4.75. The Morgan fingerprint density at radius 2 is 2.17 bits per heavy atom. The van der Waals surface area contributed by atoms with Gasteiger partial charge < -0.3 is 10.5 Å². The molecule has 1 heterocycles. The van der Waals surface area contributed by atoms with Crippen LogP contribution in [0.25, 0.3) is 0 Å². The lowest BCUT2D eigenvalue weighted by Gasteiger charge is -2.41. The molecule has 2 unspecified atom stereocenters. The third-order valence-electron chi connectivity index (χ3n) is 3.71. The van der Waals surface area contributed by atoms with E-state index < -0.39 is 0 Å². The molecule has 3 nitrogen and oxygen atoms in total. The highest BCUT2D eigenvalue weighted by atomic mass is 16.5. The maximum absolute atomic E-state index is 5.89. The van der Waals surface area contributed by atoms with Crippen LogP contribution >= 0.6 is 0 Å². The van der Waals surface area contributed by atoms with Crippen LogP contribution in [0.5, 0.6) is 0 Å². The maximum Gasteiger partial charge on any atom is 0.0894 e. The molecule has 3 heteroatoms. The summed E-state index contributed by atoms with van der Waals surface area (Å²) in [6.45, 7) is 7.88. The van der Waals surface area contributed by atoms with Crippen molar-refractivity contribution in [1.82, 2.24) is 4.90 Å². The van der Waals surface area contributed by atoms with Gasteiger partial charge in [0.1, 0.15) is 0 Å². The zero-order valence-corrected chi connectivity index (χ0v) is 11.4. The zero-order valence-electron chi connectivity index (χ0n) is 11.4. The summed E-state index contributed by atoms with van der Waals surface area (Å²) in [6, 6.07) is 8.88. The molecule has 1 aliphatic heterocycles. The topological polar surface area (TPSA) is 38.5 Å². The average molecular weight is 248 g/mol. The minimum Gasteiger partial charge on any atom is -0.374 e. The standard InChI is InChI=1S/C15H24N2O/c1-3-8-17-9-10-18-14(11-16)15(17)13-7-5-4-6-12(13)2/h4-7,14-15H,3,8-11,16H2,1-2H3. The molecule has 0 saturated carbocycles. The zero-order chi connectivity index (χ0) is 13.0. The number of aryl methyl sites for hydroxylation is 1. The SMILES string of the molecule is CCCN1CCOC(CN)C1c1ccccc1C. The lowest BCUT2D eigenvalue weighted by Crippen LogP contribution is -2.48. The van der Waals surface area contributed by atoms with E-state index in [2.05, 4.69) is 43.0 Å². The van der Waals surface area contributed by atoms with E-state index in [-0.39, 0.29) is 6.10 Å². The van der Waals surface area contributed by atoms with Crippen LogP contribution in [0, 0.1) is 6.92 Å². The molecule has 18 heavy (non-hydrogen) atoms. The molecular formula is C15H24N2O. The van der Waals surface area contributed by atoms with Crippen molar-refractivity contribution in [2.24, 2.45) is 5.73 Å². The molecule has 1 aromatic carbocycles. The molecular weight excluding hydrogens is 224 g/mol. The van der Waals surface area contributed by atoms with E-state index in [1.54, 1.807) is 0 Å². The summed E-state index contributed by atoms with van der Waals surface area (Å²) in [7, 11) is 0. The second-order valence-corrected chi connectivity index (χ2v) is 4.98. The van der Waals surface area contributed by atoms with Crippen LogP contribution < -0.4 is 5.73 Å². The Morgan fingerprint density at radius 3 is 2.83 bits per heavy atom. The third-order valence-corrected chi connectivity index (χ3v) is 3.71. The van der Waals surface area contributed by atoms with Crippen LogP contribution in [0.3, 0.4) is 0 Å². The number of hydrogen-bond acceptors (Lipinski definition) is 3. The van der Waals surface area contributed by atoms with Crippen molar-refractivity contribution in [1.29, 1.82) is 0 Å². The molecule has 0 radical (unpaired) electrons. The summed E-state index contributed by atoms with van der Waals surface area (Å²) in [4.78, 5) is 2.52. The predicted octanol–water partition coefficient (Wildman–Crippen LogP) is 2.11. The van der Waals surface area contributed by atoms with Gasteiger partial charge >= 0.3 is 0 Å². The number of benzene rings is 1. The predicted molar refractivity (Wildman–Crippen MR) is 74.6 cm³/mol. The van der Waals surface area contributed by atoms with Crippen LogP contribution in [0.15, 0.2) is 24.3 Å². The molecule has 0 aliphatic carbocycles. The number of hydrogen-bond donors (Lipinski definition) is 1. The van der Waals surface area contributed by atoms with E-state index >= 15 is 0 Å². The molecule has 1 saturated heterocycles. The molecule has 1 fully saturated rings. The van der Waals surface area contributed by atoms with E-state index in [9.17, 15) is 0 Å². The highest BCUT2D eigenvalue weighted by Crippen LogP contribution is 2.31. The summed E-state index contributed by atoms with van der Waals surface area (Å²) >= 11 is 0. The quantitative estimate of drug-likeness (QED) is 0.887. The van der Waals surface area contributed by atoms with Crippen molar-refractivity contribution in [2.75, 3.05) is 26.2 Å². The molecule has 0 amide bonds. The van der Waals surface area contributed by atoms with Gasteiger partial charge in [-0.3, -0.25) is 4.90 Å². The van der Waals surface area contributed by atoms with Crippen molar-refractivity contribution in [2.45, 2.75) is 32.4 Å². The number of morpholine rings is 1. The van der Waals surface area contributed by atoms with Gasteiger partial charge in [-0.2, -0.15) is 0 Å². The van der Waals surface area contributed by atoms with E-state index in [4.69, 9.17) is 10.5 Å².